The average Bonchev–Trinajstić information content (AvgIpc) is 2.60. The molecule has 2 nitrogen and oxygen atoms in total. The third kappa shape index (κ3) is 8.77. The van der Waals surface area contributed by atoms with Gasteiger partial charge in [-0.1, -0.05) is 88.3 Å². The third-order valence-electron chi connectivity index (χ3n) is 5.04. The van der Waals surface area contributed by atoms with Gasteiger partial charge in [0, 0.05) is 18.8 Å². The van der Waals surface area contributed by atoms with Gasteiger partial charge in [0.2, 0.25) is 0 Å². The molecule has 0 spiro atoms. The van der Waals surface area contributed by atoms with Crippen molar-refractivity contribution in [2.75, 3.05) is 4.43 Å². The number of unbranched alkanes of at least 4 members (excludes halogenated alkanes) is 2. The number of halogens is 1. The van der Waals surface area contributed by atoms with Gasteiger partial charge in [-0.05, 0) is 41.1 Å². The maximum atomic E-state index is 4.60. The normalized spacial score (nSPS) is 12.7. The minimum absolute atomic E-state index is 0.846. The monoisotopic (exact) mass is 444 g/mol. The van der Waals surface area contributed by atoms with Crippen LogP contribution in [-0.4, -0.2) is 14.4 Å². The van der Waals surface area contributed by atoms with E-state index in [2.05, 4.69) is 53.3 Å². The summed E-state index contributed by atoms with van der Waals surface area (Å²) in [7, 11) is 0. The highest BCUT2D eigenvalue weighted by Gasteiger charge is 2.20. The number of aryl methyl sites for hydroxylation is 2. The Morgan fingerprint density at radius 1 is 0.792 bits per heavy atom. The molecule has 0 amide bonds. The van der Waals surface area contributed by atoms with Crippen LogP contribution in [-0.2, 0) is 12.8 Å². The summed E-state index contributed by atoms with van der Waals surface area (Å²) in [6, 6.07) is 0. The van der Waals surface area contributed by atoms with Gasteiger partial charge in [0.25, 0.3) is 0 Å². The third-order valence-corrected chi connectivity index (χ3v) is 5.66. The fraction of sp³-hybridized carbons (Fsp3) is 0.810. The molecule has 0 saturated carbocycles. The van der Waals surface area contributed by atoms with E-state index in [0.29, 0.717) is 0 Å². The second-order valence-corrected chi connectivity index (χ2v) is 8.16. The summed E-state index contributed by atoms with van der Waals surface area (Å²) < 4.78 is 1.27. The van der Waals surface area contributed by atoms with E-state index >= 15 is 0 Å². The Morgan fingerprint density at radius 2 is 1.38 bits per heavy atom. The Morgan fingerprint density at radius 3 is 1.88 bits per heavy atom. The zero-order valence-electron chi connectivity index (χ0n) is 16.1. The zero-order chi connectivity index (χ0) is 17.6. The van der Waals surface area contributed by atoms with Crippen LogP contribution in [0.5, 0.6) is 0 Å². The lowest BCUT2D eigenvalue weighted by Crippen LogP contribution is -2.17. The molecule has 0 saturated heterocycles. The van der Waals surface area contributed by atoms with E-state index in [4.69, 9.17) is 0 Å². The first-order chi connectivity index (χ1) is 11.7. The quantitative estimate of drug-likeness (QED) is 0.233. The molecular formula is C21H37IN2. The summed E-state index contributed by atoms with van der Waals surface area (Å²) in [6.07, 6.45) is 18.2. The van der Waals surface area contributed by atoms with Crippen molar-refractivity contribution in [2.24, 2.45) is 11.8 Å². The van der Waals surface area contributed by atoms with Crippen molar-refractivity contribution in [1.29, 1.82) is 0 Å². The van der Waals surface area contributed by atoms with E-state index < -0.39 is 0 Å². The first kappa shape index (κ1) is 21.9. The summed E-state index contributed by atoms with van der Waals surface area (Å²) >= 11 is 2.55. The lowest BCUT2D eigenvalue weighted by Gasteiger charge is -2.27. The predicted molar refractivity (Wildman–Crippen MR) is 114 cm³/mol. The topological polar surface area (TPSA) is 25.8 Å². The van der Waals surface area contributed by atoms with Crippen LogP contribution in [0, 0.1) is 11.8 Å². The summed E-state index contributed by atoms with van der Waals surface area (Å²) in [5.41, 5.74) is 1.27. The molecule has 0 aliphatic heterocycles. The number of alkyl halides is 1. The molecule has 138 valence electrons. The Labute approximate surface area is 163 Å². The van der Waals surface area contributed by atoms with Crippen LogP contribution >= 0.6 is 22.6 Å². The van der Waals surface area contributed by atoms with Gasteiger partial charge in [0.1, 0.15) is 5.82 Å². The van der Waals surface area contributed by atoms with E-state index in [9.17, 15) is 0 Å². The van der Waals surface area contributed by atoms with Crippen LogP contribution in [0.3, 0.4) is 0 Å². The van der Waals surface area contributed by atoms with Crippen LogP contribution in [0.1, 0.15) is 89.9 Å². The van der Waals surface area contributed by atoms with Gasteiger partial charge in [-0.2, -0.15) is 0 Å². The summed E-state index contributed by atoms with van der Waals surface area (Å²) in [6.45, 7) is 6.83. The van der Waals surface area contributed by atoms with Gasteiger partial charge in [0.15, 0.2) is 0 Å². The summed E-state index contributed by atoms with van der Waals surface area (Å²) in [4.78, 5) is 9.20. The van der Waals surface area contributed by atoms with Crippen molar-refractivity contribution in [2.45, 2.75) is 91.4 Å². The van der Waals surface area contributed by atoms with Gasteiger partial charge >= 0.3 is 0 Å². The van der Waals surface area contributed by atoms with Gasteiger partial charge in [-0.25, -0.2) is 9.97 Å². The van der Waals surface area contributed by atoms with Crippen LogP contribution < -0.4 is 0 Å². The largest absolute Gasteiger partial charge is 0.241 e. The predicted octanol–water partition coefficient (Wildman–Crippen LogP) is 6.80. The number of hydrogen-bond donors (Lipinski definition) is 0. The van der Waals surface area contributed by atoms with Crippen LogP contribution in [0.2, 0.25) is 0 Å². The fourth-order valence-electron chi connectivity index (χ4n) is 3.55. The van der Waals surface area contributed by atoms with Gasteiger partial charge in [0.05, 0.1) is 0 Å². The average molecular weight is 444 g/mol. The van der Waals surface area contributed by atoms with Gasteiger partial charge in [-0.3, -0.25) is 0 Å². The molecule has 1 heterocycles. The van der Waals surface area contributed by atoms with Crippen LogP contribution in [0.4, 0.5) is 0 Å². The molecule has 3 heteroatoms. The molecule has 0 aliphatic carbocycles. The van der Waals surface area contributed by atoms with E-state index in [-0.39, 0.29) is 0 Å². The first-order valence-electron chi connectivity index (χ1n) is 10.1. The fourth-order valence-corrected chi connectivity index (χ4v) is 4.35. The van der Waals surface area contributed by atoms with Gasteiger partial charge < -0.3 is 0 Å². The van der Waals surface area contributed by atoms with Crippen molar-refractivity contribution >= 4 is 22.6 Å². The molecule has 1 rings (SSSR count). The molecule has 24 heavy (non-hydrogen) atoms. The van der Waals surface area contributed by atoms with Crippen molar-refractivity contribution in [3.8, 4) is 0 Å². The minimum atomic E-state index is 0.846. The molecular weight excluding hydrogens is 407 g/mol. The van der Waals surface area contributed by atoms with Crippen LogP contribution in [0.25, 0.3) is 0 Å². The summed E-state index contributed by atoms with van der Waals surface area (Å²) in [5, 5.41) is 0. The first-order valence-corrected chi connectivity index (χ1v) is 11.6. The Hall–Kier alpha value is -0.190. The Kier molecular flexibility index (Phi) is 12.8. The highest BCUT2D eigenvalue weighted by molar-refractivity contribution is 14.1. The maximum absolute atomic E-state index is 4.60. The molecule has 0 radical (unpaired) electrons. The molecule has 0 aliphatic rings. The van der Waals surface area contributed by atoms with Crippen molar-refractivity contribution in [1.82, 2.24) is 9.97 Å². The molecule has 1 aromatic heterocycles. The highest BCUT2D eigenvalue weighted by atomic mass is 127. The molecule has 1 atom stereocenters. The SMILES string of the molecule is CCCCC(CCCC)C(CCI)CCc1ncc(CCC)cn1. The molecule has 0 fully saturated rings. The van der Waals surface area contributed by atoms with E-state index in [1.807, 2.05) is 12.4 Å². The zero-order valence-corrected chi connectivity index (χ0v) is 18.2. The van der Waals surface area contributed by atoms with Gasteiger partial charge in [-0.15, -0.1) is 0 Å². The molecule has 0 aromatic carbocycles. The number of rotatable bonds is 14. The highest BCUT2D eigenvalue weighted by Crippen LogP contribution is 2.31. The van der Waals surface area contributed by atoms with Crippen molar-refractivity contribution in [3.05, 3.63) is 23.8 Å². The van der Waals surface area contributed by atoms with E-state index in [1.54, 1.807) is 0 Å². The Balaban J connectivity index is 2.60. The second kappa shape index (κ2) is 14.0. The Bertz CT molecular complexity index is 397. The lowest BCUT2D eigenvalue weighted by atomic mass is 9.80. The smallest absolute Gasteiger partial charge is 0.128 e. The standard InChI is InChI=1S/C21H37IN2/c1-4-7-10-19(11-8-5-2)20(14-15-22)12-13-21-23-16-18(9-6-3)17-24-21/h16-17,19-20H,4-15H2,1-3H3. The lowest BCUT2D eigenvalue weighted by molar-refractivity contribution is 0.260. The summed E-state index contributed by atoms with van der Waals surface area (Å²) in [5.74, 6) is 2.79. The van der Waals surface area contributed by atoms with Crippen LogP contribution in [0.15, 0.2) is 12.4 Å². The van der Waals surface area contributed by atoms with Crippen molar-refractivity contribution in [3.63, 3.8) is 0 Å². The van der Waals surface area contributed by atoms with Crippen molar-refractivity contribution < 1.29 is 0 Å². The second-order valence-electron chi connectivity index (χ2n) is 7.08. The number of aromatic nitrogens is 2. The number of nitrogens with zero attached hydrogens (tertiary/aromatic N) is 2. The molecule has 0 N–H and O–H groups in total. The maximum Gasteiger partial charge on any atom is 0.128 e. The minimum Gasteiger partial charge on any atom is -0.241 e. The molecule has 1 aromatic rings. The number of hydrogen-bond acceptors (Lipinski definition) is 2. The van der Waals surface area contributed by atoms with E-state index in [0.717, 1.165) is 36.9 Å². The molecule has 1 unspecified atom stereocenters. The molecule has 0 bridgehead atoms. The van der Waals surface area contributed by atoms with E-state index in [1.165, 1.54) is 61.4 Å².